The lowest BCUT2D eigenvalue weighted by Crippen LogP contribution is -2.33. The van der Waals surface area contributed by atoms with Crippen molar-refractivity contribution in [3.05, 3.63) is 23.9 Å². The van der Waals surface area contributed by atoms with Crippen molar-refractivity contribution in [2.45, 2.75) is 26.2 Å². The summed E-state index contributed by atoms with van der Waals surface area (Å²) < 4.78 is 0. The molecule has 1 saturated carbocycles. The van der Waals surface area contributed by atoms with Crippen LogP contribution in [-0.4, -0.2) is 28.9 Å². The van der Waals surface area contributed by atoms with E-state index in [-0.39, 0.29) is 5.91 Å². The number of rotatable bonds is 5. The molecule has 17 heavy (non-hydrogen) atoms. The number of amides is 1. The molecule has 0 bridgehead atoms. The molecule has 2 rings (SSSR count). The van der Waals surface area contributed by atoms with E-state index in [2.05, 4.69) is 11.9 Å². The van der Waals surface area contributed by atoms with Crippen LogP contribution in [0.4, 0.5) is 5.82 Å². The third-order valence-corrected chi connectivity index (χ3v) is 2.99. The van der Waals surface area contributed by atoms with Crippen molar-refractivity contribution < 1.29 is 4.79 Å². The van der Waals surface area contributed by atoms with Gasteiger partial charge in [0.15, 0.2) is 0 Å². The summed E-state index contributed by atoms with van der Waals surface area (Å²) in [6, 6.07) is 3.43. The Morgan fingerprint density at radius 1 is 1.53 bits per heavy atom. The zero-order valence-corrected chi connectivity index (χ0v) is 10.2. The fraction of sp³-hybridized carbons (Fsp3) is 0.538. The average molecular weight is 233 g/mol. The summed E-state index contributed by atoms with van der Waals surface area (Å²) in [4.78, 5) is 18.2. The largest absolute Gasteiger partial charge is 0.384 e. The van der Waals surface area contributed by atoms with Crippen molar-refractivity contribution in [3.63, 3.8) is 0 Å². The number of nitrogens with two attached hydrogens (primary N) is 1. The smallest absolute Gasteiger partial charge is 0.255 e. The Hall–Kier alpha value is -1.58. The van der Waals surface area contributed by atoms with E-state index in [4.69, 9.17) is 5.73 Å². The number of aromatic nitrogens is 1. The monoisotopic (exact) mass is 233 g/mol. The van der Waals surface area contributed by atoms with Crippen LogP contribution in [0, 0.1) is 5.92 Å². The minimum Gasteiger partial charge on any atom is -0.384 e. The molecule has 0 atom stereocenters. The highest BCUT2D eigenvalue weighted by Gasteiger charge is 2.26. The predicted molar refractivity (Wildman–Crippen MR) is 67.6 cm³/mol. The highest BCUT2D eigenvalue weighted by molar-refractivity contribution is 5.94. The molecule has 4 nitrogen and oxygen atoms in total. The van der Waals surface area contributed by atoms with Gasteiger partial charge in [0, 0.05) is 19.3 Å². The Bertz CT molecular complexity index is 384. The summed E-state index contributed by atoms with van der Waals surface area (Å²) >= 11 is 0. The summed E-state index contributed by atoms with van der Waals surface area (Å²) in [7, 11) is 0. The number of hydrogen-bond donors (Lipinski definition) is 1. The van der Waals surface area contributed by atoms with Gasteiger partial charge in [-0.2, -0.15) is 0 Å². The van der Waals surface area contributed by atoms with Crippen molar-refractivity contribution in [3.8, 4) is 0 Å². The van der Waals surface area contributed by atoms with Gasteiger partial charge in [-0.15, -0.1) is 0 Å². The molecule has 2 N–H and O–H groups in total. The minimum absolute atomic E-state index is 0.0752. The van der Waals surface area contributed by atoms with Crippen LogP contribution in [-0.2, 0) is 0 Å². The topological polar surface area (TPSA) is 59.2 Å². The molecule has 1 aromatic rings. The summed E-state index contributed by atoms with van der Waals surface area (Å²) in [5.74, 6) is 1.24. The molecule has 1 aliphatic rings. The molecule has 0 saturated heterocycles. The predicted octanol–water partition coefficient (Wildman–Crippen LogP) is 1.93. The van der Waals surface area contributed by atoms with Crippen molar-refractivity contribution >= 4 is 11.7 Å². The van der Waals surface area contributed by atoms with Crippen LogP contribution in [0.5, 0.6) is 0 Å². The lowest BCUT2D eigenvalue weighted by Gasteiger charge is -2.21. The maximum absolute atomic E-state index is 12.3. The van der Waals surface area contributed by atoms with Crippen LogP contribution in [0.25, 0.3) is 0 Å². The number of nitrogen functional groups attached to an aromatic ring is 1. The van der Waals surface area contributed by atoms with Crippen molar-refractivity contribution in [1.82, 2.24) is 9.88 Å². The molecule has 0 unspecified atom stereocenters. The number of hydrogen-bond acceptors (Lipinski definition) is 3. The van der Waals surface area contributed by atoms with Gasteiger partial charge < -0.3 is 10.6 Å². The van der Waals surface area contributed by atoms with Gasteiger partial charge in [-0.25, -0.2) is 4.98 Å². The Kier molecular flexibility index (Phi) is 3.61. The van der Waals surface area contributed by atoms with Gasteiger partial charge in [-0.05, 0) is 37.3 Å². The first-order valence-electron chi connectivity index (χ1n) is 6.21. The molecule has 0 radical (unpaired) electrons. The highest BCUT2D eigenvalue weighted by Crippen LogP contribution is 2.30. The molecule has 0 spiro atoms. The van der Waals surface area contributed by atoms with E-state index in [9.17, 15) is 4.79 Å². The minimum atomic E-state index is 0.0752. The SMILES string of the molecule is CCCN(CC1CC1)C(=O)c1ccc(N)nc1. The van der Waals surface area contributed by atoms with Gasteiger partial charge in [0.25, 0.3) is 5.91 Å². The Morgan fingerprint density at radius 2 is 2.29 bits per heavy atom. The van der Waals surface area contributed by atoms with Crippen molar-refractivity contribution in [2.75, 3.05) is 18.8 Å². The van der Waals surface area contributed by atoms with Gasteiger partial charge in [0.1, 0.15) is 5.82 Å². The number of nitrogens with zero attached hydrogens (tertiary/aromatic N) is 2. The number of carbonyl (C=O) groups is 1. The second-order valence-corrected chi connectivity index (χ2v) is 4.67. The number of carbonyl (C=O) groups excluding carboxylic acids is 1. The Labute approximate surface area is 102 Å². The van der Waals surface area contributed by atoms with Crippen LogP contribution >= 0.6 is 0 Å². The quantitative estimate of drug-likeness (QED) is 0.845. The second-order valence-electron chi connectivity index (χ2n) is 4.67. The van der Waals surface area contributed by atoms with Crippen molar-refractivity contribution in [2.24, 2.45) is 5.92 Å². The Morgan fingerprint density at radius 3 is 2.82 bits per heavy atom. The zero-order chi connectivity index (χ0) is 12.3. The molecule has 1 amide bonds. The molecular formula is C13H19N3O. The first-order valence-corrected chi connectivity index (χ1v) is 6.21. The van der Waals surface area contributed by atoms with Crippen LogP contribution in [0.1, 0.15) is 36.5 Å². The molecule has 4 heteroatoms. The van der Waals surface area contributed by atoms with E-state index in [1.807, 2.05) is 4.90 Å². The summed E-state index contributed by atoms with van der Waals surface area (Å²) in [6.45, 7) is 3.80. The summed E-state index contributed by atoms with van der Waals surface area (Å²) in [6.07, 6.45) is 5.06. The first-order chi connectivity index (χ1) is 8.20. The van der Waals surface area contributed by atoms with E-state index in [0.717, 1.165) is 19.5 Å². The van der Waals surface area contributed by atoms with Crippen LogP contribution in [0.3, 0.4) is 0 Å². The van der Waals surface area contributed by atoms with Crippen LogP contribution in [0.15, 0.2) is 18.3 Å². The summed E-state index contributed by atoms with van der Waals surface area (Å²) in [5.41, 5.74) is 6.15. The fourth-order valence-electron chi connectivity index (χ4n) is 1.87. The van der Waals surface area contributed by atoms with E-state index in [1.54, 1.807) is 18.3 Å². The van der Waals surface area contributed by atoms with E-state index < -0.39 is 0 Å². The molecule has 1 aromatic heterocycles. The average Bonchev–Trinajstić information content (AvgIpc) is 3.13. The zero-order valence-electron chi connectivity index (χ0n) is 10.2. The normalized spacial score (nSPS) is 14.6. The van der Waals surface area contributed by atoms with Gasteiger partial charge in [-0.3, -0.25) is 4.79 Å². The van der Waals surface area contributed by atoms with E-state index in [1.165, 1.54) is 12.8 Å². The van der Waals surface area contributed by atoms with Crippen LogP contribution < -0.4 is 5.73 Å². The maximum atomic E-state index is 12.3. The highest BCUT2D eigenvalue weighted by atomic mass is 16.2. The Balaban J connectivity index is 2.05. The van der Waals surface area contributed by atoms with Crippen LogP contribution in [0.2, 0.25) is 0 Å². The lowest BCUT2D eigenvalue weighted by atomic mass is 10.2. The second kappa shape index (κ2) is 5.17. The standard InChI is InChI=1S/C13H19N3O/c1-2-7-16(9-10-3-4-10)13(17)11-5-6-12(14)15-8-11/h5-6,8,10H,2-4,7,9H2,1H3,(H2,14,15). The molecule has 1 heterocycles. The molecule has 1 aliphatic carbocycles. The van der Waals surface area contributed by atoms with E-state index >= 15 is 0 Å². The van der Waals surface area contributed by atoms with Gasteiger partial charge in [-0.1, -0.05) is 6.92 Å². The molecule has 1 fully saturated rings. The number of anilines is 1. The summed E-state index contributed by atoms with van der Waals surface area (Å²) in [5, 5.41) is 0. The molecule has 0 aliphatic heterocycles. The third-order valence-electron chi connectivity index (χ3n) is 2.99. The molecule has 0 aromatic carbocycles. The molecular weight excluding hydrogens is 214 g/mol. The molecule has 92 valence electrons. The maximum Gasteiger partial charge on any atom is 0.255 e. The van der Waals surface area contributed by atoms with Gasteiger partial charge >= 0.3 is 0 Å². The first kappa shape index (κ1) is 11.9. The third kappa shape index (κ3) is 3.19. The fourth-order valence-corrected chi connectivity index (χ4v) is 1.87. The van der Waals surface area contributed by atoms with Gasteiger partial charge in [0.2, 0.25) is 0 Å². The van der Waals surface area contributed by atoms with Gasteiger partial charge in [0.05, 0.1) is 5.56 Å². The number of pyridine rings is 1. The van der Waals surface area contributed by atoms with E-state index in [0.29, 0.717) is 17.3 Å². The lowest BCUT2D eigenvalue weighted by molar-refractivity contribution is 0.0747. The van der Waals surface area contributed by atoms with Crippen molar-refractivity contribution in [1.29, 1.82) is 0 Å².